The number of rotatable bonds is 5. The van der Waals surface area contributed by atoms with Crippen LogP contribution in [-0.4, -0.2) is 24.4 Å². The van der Waals surface area contributed by atoms with E-state index in [1.54, 1.807) is 18.8 Å². The number of aryl methyl sites for hydroxylation is 1. The van der Waals surface area contributed by atoms with Gasteiger partial charge in [-0.15, -0.1) is 0 Å². The van der Waals surface area contributed by atoms with Crippen LogP contribution in [0, 0.1) is 0 Å². The van der Waals surface area contributed by atoms with E-state index in [4.69, 9.17) is 0 Å². The molecule has 0 atom stereocenters. The Balaban J connectivity index is 2.24. The van der Waals surface area contributed by atoms with E-state index in [9.17, 15) is 9.59 Å². The van der Waals surface area contributed by atoms with Crippen LogP contribution in [0.4, 0.5) is 0 Å². The summed E-state index contributed by atoms with van der Waals surface area (Å²) in [4.78, 5) is 29.5. The van der Waals surface area contributed by atoms with Crippen molar-refractivity contribution in [1.29, 1.82) is 0 Å². The SMILES string of the molecule is CC=CCSc1nc2c(c(=O)n(C)c(=O)n2C)n1Cc1ccccc1. The Labute approximate surface area is 149 Å². The largest absolute Gasteiger partial charge is 0.332 e. The predicted molar refractivity (Wildman–Crippen MR) is 101 cm³/mol. The van der Waals surface area contributed by atoms with Gasteiger partial charge in [-0.05, 0) is 12.5 Å². The lowest BCUT2D eigenvalue weighted by molar-refractivity contribution is 0.696. The first-order valence-electron chi connectivity index (χ1n) is 7.98. The summed E-state index contributed by atoms with van der Waals surface area (Å²) in [5.41, 5.74) is 1.26. The van der Waals surface area contributed by atoms with Gasteiger partial charge in [0.15, 0.2) is 16.3 Å². The Kier molecular flexibility index (Phi) is 4.94. The molecule has 0 aliphatic carbocycles. The molecule has 0 aliphatic rings. The van der Waals surface area contributed by atoms with E-state index in [0.717, 1.165) is 21.0 Å². The van der Waals surface area contributed by atoms with Crippen molar-refractivity contribution in [3.63, 3.8) is 0 Å². The summed E-state index contributed by atoms with van der Waals surface area (Å²) in [6.45, 7) is 2.50. The zero-order valence-electron chi connectivity index (χ0n) is 14.5. The summed E-state index contributed by atoms with van der Waals surface area (Å²) in [6, 6.07) is 9.92. The van der Waals surface area contributed by atoms with Gasteiger partial charge in [0, 0.05) is 19.8 Å². The lowest BCUT2D eigenvalue weighted by Crippen LogP contribution is -2.37. The average molecular weight is 356 g/mol. The quantitative estimate of drug-likeness (QED) is 0.519. The summed E-state index contributed by atoms with van der Waals surface area (Å²) in [5.74, 6) is 0.753. The fourth-order valence-corrected chi connectivity index (χ4v) is 3.57. The third-order valence-electron chi connectivity index (χ3n) is 4.04. The molecule has 2 heterocycles. The molecule has 0 fully saturated rings. The lowest BCUT2D eigenvalue weighted by Gasteiger charge is -2.09. The van der Waals surface area contributed by atoms with Crippen LogP contribution in [0.5, 0.6) is 0 Å². The highest BCUT2D eigenvalue weighted by molar-refractivity contribution is 7.99. The molecule has 3 rings (SSSR count). The van der Waals surface area contributed by atoms with Crippen LogP contribution in [0.1, 0.15) is 12.5 Å². The van der Waals surface area contributed by atoms with Crippen LogP contribution in [0.15, 0.2) is 57.2 Å². The van der Waals surface area contributed by atoms with Crippen LogP contribution in [0.25, 0.3) is 11.2 Å². The summed E-state index contributed by atoms with van der Waals surface area (Å²) < 4.78 is 4.46. The molecule has 0 saturated carbocycles. The van der Waals surface area contributed by atoms with Crippen molar-refractivity contribution >= 4 is 22.9 Å². The predicted octanol–water partition coefficient (Wildman–Crippen LogP) is 2.15. The van der Waals surface area contributed by atoms with Crippen molar-refractivity contribution < 1.29 is 0 Å². The van der Waals surface area contributed by atoms with E-state index in [1.165, 1.54) is 11.6 Å². The van der Waals surface area contributed by atoms with E-state index >= 15 is 0 Å². The molecular formula is C18H20N4O2S. The average Bonchev–Trinajstić information content (AvgIpc) is 2.98. The zero-order chi connectivity index (χ0) is 18.0. The fourth-order valence-electron chi connectivity index (χ4n) is 2.67. The standard InChI is InChI=1S/C18H20N4O2S/c1-4-5-11-25-17-19-15-14(16(23)21(3)18(24)20(15)2)22(17)12-13-9-7-6-8-10-13/h4-10H,11-12H2,1-3H3. The normalized spacial score (nSPS) is 11.6. The molecule has 0 bridgehead atoms. The lowest BCUT2D eigenvalue weighted by atomic mass is 10.2. The molecular weight excluding hydrogens is 336 g/mol. The van der Waals surface area contributed by atoms with Gasteiger partial charge in [0.1, 0.15) is 0 Å². The van der Waals surface area contributed by atoms with Gasteiger partial charge in [-0.3, -0.25) is 13.9 Å². The van der Waals surface area contributed by atoms with E-state index in [0.29, 0.717) is 17.7 Å². The van der Waals surface area contributed by atoms with Crippen molar-refractivity contribution in [1.82, 2.24) is 18.7 Å². The van der Waals surface area contributed by atoms with Gasteiger partial charge in [0.25, 0.3) is 5.56 Å². The van der Waals surface area contributed by atoms with Gasteiger partial charge < -0.3 is 4.57 Å². The van der Waals surface area contributed by atoms with Crippen molar-refractivity contribution in [2.75, 3.05) is 5.75 Å². The molecule has 0 spiro atoms. The third-order valence-corrected chi connectivity index (χ3v) is 4.97. The Morgan fingerprint density at radius 2 is 1.84 bits per heavy atom. The highest BCUT2D eigenvalue weighted by atomic mass is 32.2. The third kappa shape index (κ3) is 3.19. The Hall–Kier alpha value is -2.54. The molecule has 0 amide bonds. The monoisotopic (exact) mass is 356 g/mol. The maximum atomic E-state index is 12.7. The molecule has 25 heavy (non-hydrogen) atoms. The highest BCUT2D eigenvalue weighted by Gasteiger charge is 2.19. The first-order valence-corrected chi connectivity index (χ1v) is 8.97. The molecule has 0 N–H and O–H groups in total. The van der Waals surface area contributed by atoms with Crippen molar-refractivity contribution in [2.24, 2.45) is 14.1 Å². The first-order chi connectivity index (χ1) is 12.0. The maximum absolute atomic E-state index is 12.7. The molecule has 130 valence electrons. The zero-order valence-corrected chi connectivity index (χ0v) is 15.3. The molecule has 0 radical (unpaired) electrons. The van der Waals surface area contributed by atoms with Gasteiger partial charge in [-0.1, -0.05) is 54.2 Å². The second-order valence-electron chi connectivity index (χ2n) is 5.72. The molecule has 6 nitrogen and oxygen atoms in total. The van der Waals surface area contributed by atoms with Crippen LogP contribution in [-0.2, 0) is 20.6 Å². The van der Waals surface area contributed by atoms with Crippen molar-refractivity contribution in [3.8, 4) is 0 Å². The van der Waals surface area contributed by atoms with Gasteiger partial charge in [-0.25, -0.2) is 9.78 Å². The molecule has 0 unspecified atom stereocenters. The molecule has 3 aromatic rings. The van der Waals surface area contributed by atoms with Crippen LogP contribution < -0.4 is 11.2 Å². The molecule has 0 aliphatic heterocycles. The number of hydrogen-bond acceptors (Lipinski definition) is 4. The second-order valence-corrected chi connectivity index (χ2v) is 6.71. The number of imidazole rings is 1. The van der Waals surface area contributed by atoms with Crippen molar-refractivity contribution in [2.45, 2.75) is 18.6 Å². The minimum atomic E-state index is -0.369. The first kappa shape index (κ1) is 17.3. The van der Waals surface area contributed by atoms with E-state index < -0.39 is 0 Å². The second kappa shape index (κ2) is 7.14. The van der Waals surface area contributed by atoms with Crippen LogP contribution >= 0.6 is 11.8 Å². The van der Waals surface area contributed by atoms with Gasteiger partial charge >= 0.3 is 5.69 Å². The minimum Gasteiger partial charge on any atom is -0.309 e. The summed E-state index contributed by atoms with van der Waals surface area (Å²) in [7, 11) is 3.14. The minimum absolute atomic E-state index is 0.320. The number of nitrogens with zero attached hydrogens (tertiary/aromatic N) is 4. The van der Waals surface area contributed by atoms with E-state index in [-0.39, 0.29) is 11.2 Å². The molecule has 2 aromatic heterocycles. The highest BCUT2D eigenvalue weighted by Crippen LogP contribution is 2.23. The Bertz CT molecular complexity index is 1040. The Morgan fingerprint density at radius 1 is 1.12 bits per heavy atom. The number of hydrogen-bond donors (Lipinski definition) is 0. The molecule has 1 aromatic carbocycles. The maximum Gasteiger partial charge on any atom is 0.332 e. The summed E-state index contributed by atoms with van der Waals surface area (Å²) in [5, 5.41) is 0.732. The molecule has 7 heteroatoms. The number of fused-ring (bicyclic) bond motifs is 1. The Morgan fingerprint density at radius 3 is 2.52 bits per heavy atom. The summed E-state index contributed by atoms with van der Waals surface area (Å²) >= 11 is 1.55. The fraction of sp³-hybridized carbons (Fsp3) is 0.278. The van der Waals surface area contributed by atoms with Crippen LogP contribution in [0.2, 0.25) is 0 Å². The number of thioether (sulfide) groups is 1. The number of allylic oxidation sites excluding steroid dienone is 1. The number of aromatic nitrogens is 4. The van der Waals surface area contributed by atoms with Crippen molar-refractivity contribution in [3.05, 3.63) is 68.9 Å². The summed E-state index contributed by atoms with van der Waals surface area (Å²) in [6.07, 6.45) is 4.01. The van der Waals surface area contributed by atoms with E-state index in [2.05, 4.69) is 4.98 Å². The van der Waals surface area contributed by atoms with E-state index in [1.807, 2.05) is 54.0 Å². The van der Waals surface area contributed by atoms with Gasteiger partial charge in [0.05, 0.1) is 6.54 Å². The van der Waals surface area contributed by atoms with Crippen LogP contribution in [0.3, 0.4) is 0 Å². The van der Waals surface area contributed by atoms with Gasteiger partial charge in [0.2, 0.25) is 0 Å². The topological polar surface area (TPSA) is 61.8 Å². The smallest absolute Gasteiger partial charge is 0.309 e. The van der Waals surface area contributed by atoms with Gasteiger partial charge in [-0.2, -0.15) is 0 Å². The number of benzene rings is 1. The molecule has 0 saturated heterocycles.